The summed E-state index contributed by atoms with van der Waals surface area (Å²) in [6.45, 7) is 8.12. The van der Waals surface area contributed by atoms with E-state index in [0.29, 0.717) is 17.8 Å². The zero-order valence-electron chi connectivity index (χ0n) is 11.5. The smallest absolute Gasteiger partial charge is 0.223 e. The monoisotopic (exact) mass is 240 g/mol. The van der Waals surface area contributed by atoms with Crippen molar-refractivity contribution in [1.29, 1.82) is 0 Å². The molecule has 3 N–H and O–H groups in total. The maximum atomic E-state index is 12.0. The van der Waals surface area contributed by atoms with Crippen LogP contribution in [0.15, 0.2) is 0 Å². The van der Waals surface area contributed by atoms with Crippen molar-refractivity contribution < 1.29 is 4.79 Å². The Hall–Kier alpha value is -0.570. The second-order valence-electron chi connectivity index (χ2n) is 5.93. The Bertz CT molecular complexity index is 240. The van der Waals surface area contributed by atoms with Crippen molar-refractivity contribution >= 4 is 5.91 Å². The highest BCUT2D eigenvalue weighted by molar-refractivity contribution is 5.78. The highest BCUT2D eigenvalue weighted by atomic mass is 16.1. The first-order chi connectivity index (χ1) is 8.04. The molecule has 0 aromatic carbocycles. The van der Waals surface area contributed by atoms with Crippen LogP contribution in [-0.4, -0.2) is 19.0 Å². The van der Waals surface area contributed by atoms with Crippen LogP contribution < -0.4 is 11.1 Å². The first kappa shape index (κ1) is 14.5. The van der Waals surface area contributed by atoms with Gasteiger partial charge in [-0.1, -0.05) is 27.2 Å². The van der Waals surface area contributed by atoms with E-state index in [0.717, 1.165) is 32.4 Å². The first-order valence-corrected chi connectivity index (χ1v) is 7.02. The lowest BCUT2D eigenvalue weighted by Gasteiger charge is -2.28. The van der Waals surface area contributed by atoms with Gasteiger partial charge in [0.25, 0.3) is 0 Å². The fourth-order valence-electron chi connectivity index (χ4n) is 2.38. The zero-order chi connectivity index (χ0) is 12.8. The van der Waals surface area contributed by atoms with Gasteiger partial charge in [-0.2, -0.15) is 0 Å². The van der Waals surface area contributed by atoms with Crippen molar-refractivity contribution in [2.45, 2.75) is 46.5 Å². The lowest BCUT2D eigenvalue weighted by molar-refractivity contribution is -0.126. The zero-order valence-corrected chi connectivity index (χ0v) is 11.5. The van der Waals surface area contributed by atoms with E-state index >= 15 is 0 Å². The average molecular weight is 240 g/mol. The van der Waals surface area contributed by atoms with E-state index in [1.54, 1.807) is 0 Å². The Morgan fingerprint density at radius 2 is 2.06 bits per heavy atom. The highest BCUT2D eigenvalue weighted by Crippen LogP contribution is 2.28. The predicted octanol–water partition coefficient (Wildman–Crippen LogP) is 2.16. The topological polar surface area (TPSA) is 55.1 Å². The maximum Gasteiger partial charge on any atom is 0.223 e. The van der Waals surface area contributed by atoms with Gasteiger partial charge in [0, 0.05) is 12.5 Å². The van der Waals surface area contributed by atoms with E-state index in [-0.39, 0.29) is 11.8 Å². The number of hydrogen-bond donors (Lipinski definition) is 2. The van der Waals surface area contributed by atoms with Gasteiger partial charge in [-0.15, -0.1) is 0 Å². The molecule has 1 aliphatic rings. The molecule has 0 aromatic heterocycles. The van der Waals surface area contributed by atoms with Crippen molar-refractivity contribution in [3.8, 4) is 0 Å². The van der Waals surface area contributed by atoms with Crippen LogP contribution in [0.2, 0.25) is 0 Å². The van der Waals surface area contributed by atoms with Gasteiger partial charge in [0.05, 0.1) is 0 Å². The Labute approximate surface area is 106 Å². The molecule has 0 spiro atoms. The molecule has 1 fully saturated rings. The van der Waals surface area contributed by atoms with E-state index in [4.69, 9.17) is 5.73 Å². The van der Waals surface area contributed by atoms with Crippen LogP contribution in [0.1, 0.15) is 46.5 Å². The molecular formula is C14H28N2O. The molecule has 17 heavy (non-hydrogen) atoms. The summed E-state index contributed by atoms with van der Waals surface area (Å²) in [6, 6.07) is 0. The van der Waals surface area contributed by atoms with Crippen LogP contribution in [0, 0.1) is 23.7 Å². The van der Waals surface area contributed by atoms with Gasteiger partial charge < -0.3 is 11.1 Å². The van der Waals surface area contributed by atoms with E-state index in [2.05, 4.69) is 26.1 Å². The van der Waals surface area contributed by atoms with Crippen molar-refractivity contribution in [1.82, 2.24) is 5.32 Å². The molecule has 0 aromatic rings. The van der Waals surface area contributed by atoms with Gasteiger partial charge in [0.15, 0.2) is 0 Å². The third-order valence-electron chi connectivity index (χ3n) is 4.22. The number of carbonyl (C=O) groups is 1. The van der Waals surface area contributed by atoms with Gasteiger partial charge in [-0.25, -0.2) is 0 Å². The van der Waals surface area contributed by atoms with Gasteiger partial charge in [0.1, 0.15) is 0 Å². The summed E-state index contributed by atoms with van der Waals surface area (Å²) in [5, 5.41) is 3.10. The number of nitrogens with one attached hydrogen (secondary N) is 1. The van der Waals surface area contributed by atoms with Crippen molar-refractivity contribution in [3.05, 3.63) is 0 Å². The molecule has 3 unspecified atom stereocenters. The van der Waals surface area contributed by atoms with Gasteiger partial charge in [0.2, 0.25) is 5.91 Å². The van der Waals surface area contributed by atoms with Crippen molar-refractivity contribution in [2.75, 3.05) is 13.1 Å². The Morgan fingerprint density at radius 3 is 2.65 bits per heavy atom. The second-order valence-corrected chi connectivity index (χ2v) is 5.93. The van der Waals surface area contributed by atoms with Crippen LogP contribution in [0.5, 0.6) is 0 Å². The lowest BCUT2D eigenvalue weighted by Crippen LogP contribution is -2.37. The molecule has 3 atom stereocenters. The van der Waals surface area contributed by atoms with E-state index in [1.807, 2.05) is 0 Å². The molecule has 0 bridgehead atoms. The minimum atomic E-state index is 0.205. The summed E-state index contributed by atoms with van der Waals surface area (Å²) < 4.78 is 0. The van der Waals surface area contributed by atoms with Gasteiger partial charge in [-0.3, -0.25) is 4.79 Å². The average Bonchev–Trinajstić information content (AvgIpc) is 2.35. The molecule has 3 nitrogen and oxygen atoms in total. The van der Waals surface area contributed by atoms with Crippen LogP contribution in [-0.2, 0) is 4.79 Å². The molecule has 0 heterocycles. The standard InChI is InChI=1S/C14H28N2O/c1-10(2)11(3)9-16-14(17)13-6-4-5-12(7-13)8-15/h10-13H,4-9,15H2,1-3H3,(H,16,17). The maximum absolute atomic E-state index is 12.0. The SMILES string of the molecule is CC(C)C(C)CNC(=O)C1CCCC(CN)C1. The summed E-state index contributed by atoms with van der Waals surface area (Å²) >= 11 is 0. The Balaban J connectivity index is 2.32. The summed E-state index contributed by atoms with van der Waals surface area (Å²) in [7, 11) is 0. The molecule has 1 saturated carbocycles. The number of nitrogens with two attached hydrogens (primary N) is 1. The van der Waals surface area contributed by atoms with Crippen molar-refractivity contribution in [3.63, 3.8) is 0 Å². The molecule has 1 rings (SSSR count). The molecule has 1 aliphatic carbocycles. The molecular weight excluding hydrogens is 212 g/mol. The van der Waals surface area contributed by atoms with Crippen LogP contribution >= 0.6 is 0 Å². The van der Waals surface area contributed by atoms with Gasteiger partial charge in [-0.05, 0) is 43.6 Å². The van der Waals surface area contributed by atoms with E-state index in [9.17, 15) is 4.79 Å². The number of amides is 1. The predicted molar refractivity (Wildman–Crippen MR) is 71.5 cm³/mol. The molecule has 3 heteroatoms. The summed E-state index contributed by atoms with van der Waals surface area (Å²) in [6.07, 6.45) is 4.37. The highest BCUT2D eigenvalue weighted by Gasteiger charge is 2.26. The summed E-state index contributed by atoms with van der Waals surface area (Å²) in [4.78, 5) is 12.0. The Morgan fingerprint density at radius 1 is 1.35 bits per heavy atom. The normalized spacial score (nSPS) is 26.9. The lowest BCUT2D eigenvalue weighted by atomic mass is 9.81. The quantitative estimate of drug-likeness (QED) is 0.773. The Kier molecular flexibility index (Phi) is 5.96. The molecule has 0 saturated heterocycles. The number of carbonyl (C=O) groups excluding carboxylic acids is 1. The molecule has 1 amide bonds. The van der Waals surface area contributed by atoms with Crippen LogP contribution in [0.4, 0.5) is 0 Å². The number of hydrogen-bond acceptors (Lipinski definition) is 2. The minimum Gasteiger partial charge on any atom is -0.356 e. The molecule has 100 valence electrons. The third kappa shape index (κ3) is 4.66. The van der Waals surface area contributed by atoms with Gasteiger partial charge >= 0.3 is 0 Å². The first-order valence-electron chi connectivity index (χ1n) is 7.02. The largest absolute Gasteiger partial charge is 0.356 e. The number of rotatable bonds is 5. The molecule has 0 radical (unpaired) electrons. The van der Waals surface area contributed by atoms with Crippen molar-refractivity contribution in [2.24, 2.45) is 29.4 Å². The van der Waals surface area contributed by atoms with Crippen LogP contribution in [0.25, 0.3) is 0 Å². The fourth-order valence-corrected chi connectivity index (χ4v) is 2.38. The fraction of sp³-hybridized carbons (Fsp3) is 0.929. The second kappa shape index (κ2) is 7.00. The molecule has 0 aliphatic heterocycles. The summed E-state index contributed by atoms with van der Waals surface area (Å²) in [5.74, 6) is 2.18. The van der Waals surface area contributed by atoms with E-state index in [1.165, 1.54) is 6.42 Å². The minimum absolute atomic E-state index is 0.205. The third-order valence-corrected chi connectivity index (χ3v) is 4.22. The summed E-state index contributed by atoms with van der Waals surface area (Å²) in [5.41, 5.74) is 5.70. The van der Waals surface area contributed by atoms with Crippen LogP contribution in [0.3, 0.4) is 0 Å². The van der Waals surface area contributed by atoms with E-state index < -0.39 is 0 Å².